The number of anilines is 1. The molecule has 0 saturated carbocycles. The molecule has 1 atom stereocenters. The Bertz CT molecular complexity index is 744. The number of benzene rings is 1. The summed E-state index contributed by atoms with van der Waals surface area (Å²) >= 11 is 0. The van der Waals surface area contributed by atoms with Crippen LogP contribution in [0, 0.1) is 0 Å². The number of rotatable bonds is 6. The molecule has 0 aliphatic carbocycles. The van der Waals surface area contributed by atoms with Gasteiger partial charge in [-0.1, -0.05) is 12.1 Å². The van der Waals surface area contributed by atoms with Gasteiger partial charge < -0.3 is 20.5 Å². The van der Waals surface area contributed by atoms with Gasteiger partial charge in [-0.25, -0.2) is 4.79 Å². The van der Waals surface area contributed by atoms with Crippen molar-refractivity contribution in [2.24, 2.45) is 0 Å². The SMILES string of the molecule is CC(C)=C(NC(=O)OC(C)(C)C)C(=O)N[C@@H](C)C(=O)Nc1ccc(CO)cc1. The zero-order valence-corrected chi connectivity index (χ0v) is 17.2. The first-order chi connectivity index (χ1) is 12.9. The lowest BCUT2D eigenvalue weighted by molar-refractivity contribution is -0.124. The zero-order valence-electron chi connectivity index (χ0n) is 17.2. The fourth-order valence-corrected chi connectivity index (χ4v) is 2.09. The largest absolute Gasteiger partial charge is 0.444 e. The van der Waals surface area contributed by atoms with E-state index in [1.807, 2.05) is 0 Å². The Kier molecular flexibility index (Phi) is 8.18. The number of hydrogen-bond acceptors (Lipinski definition) is 5. The number of aliphatic hydroxyl groups excluding tert-OH is 1. The van der Waals surface area contributed by atoms with Crippen LogP contribution in [-0.2, 0) is 20.9 Å². The molecular formula is C20H29N3O5. The number of hydrogen-bond donors (Lipinski definition) is 4. The van der Waals surface area contributed by atoms with Crippen molar-refractivity contribution in [3.63, 3.8) is 0 Å². The van der Waals surface area contributed by atoms with Crippen molar-refractivity contribution in [2.75, 3.05) is 5.32 Å². The van der Waals surface area contributed by atoms with Gasteiger partial charge >= 0.3 is 6.09 Å². The second-order valence-corrected chi connectivity index (χ2v) is 7.54. The van der Waals surface area contributed by atoms with Crippen LogP contribution in [0.2, 0.25) is 0 Å². The fourth-order valence-electron chi connectivity index (χ4n) is 2.09. The van der Waals surface area contributed by atoms with Crippen molar-refractivity contribution in [3.8, 4) is 0 Å². The van der Waals surface area contributed by atoms with E-state index in [2.05, 4.69) is 16.0 Å². The monoisotopic (exact) mass is 391 g/mol. The molecule has 1 aromatic carbocycles. The van der Waals surface area contributed by atoms with Gasteiger partial charge in [0.1, 0.15) is 17.3 Å². The lowest BCUT2D eigenvalue weighted by Gasteiger charge is -2.21. The molecule has 8 heteroatoms. The van der Waals surface area contributed by atoms with Crippen LogP contribution in [0.3, 0.4) is 0 Å². The minimum absolute atomic E-state index is 0.0289. The van der Waals surface area contributed by atoms with E-state index >= 15 is 0 Å². The smallest absolute Gasteiger partial charge is 0.412 e. The molecule has 0 aliphatic rings. The quantitative estimate of drug-likeness (QED) is 0.556. The van der Waals surface area contributed by atoms with Crippen LogP contribution in [0.15, 0.2) is 35.5 Å². The Hall–Kier alpha value is -2.87. The number of ether oxygens (including phenoxy) is 1. The summed E-state index contributed by atoms with van der Waals surface area (Å²) in [6.45, 7) is 9.93. The van der Waals surface area contributed by atoms with Crippen molar-refractivity contribution >= 4 is 23.6 Å². The maximum atomic E-state index is 12.5. The van der Waals surface area contributed by atoms with Crippen molar-refractivity contribution in [1.82, 2.24) is 10.6 Å². The molecule has 28 heavy (non-hydrogen) atoms. The third-order valence-electron chi connectivity index (χ3n) is 3.50. The highest BCUT2D eigenvalue weighted by Gasteiger charge is 2.23. The standard InChI is InChI=1S/C20H29N3O5/c1-12(2)16(23-19(27)28-20(4,5)6)18(26)21-13(3)17(25)22-15-9-7-14(11-24)8-10-15/h7-10,13,24H,11H2,1-6H3,(H,21,26)(H,22,25)(H,23,27)/t13-/m0/s1. The van der Waals surface area contributed by atoms with Gasteiger partial charge in [0.2, 0.25) is 5.91 Å². The highest BCUT2D eigenvalue weighted by Crippen LogP contribution is 2.11. The van der Waals surface area contributed by atoms with Gasteiger partial charge in [-0.05, 0) is 64.8 Å². The second-order valence-electron chi connectivity index (χ2n) is 7.54. The van der Waals surface area contributed by atoms with E-state index in [9.17, 15) is 14.4 Å². The summed E-state index contributed by atoms with van der Waals surface area (Å²) in [4.78, 5) is 36.7. The van der Waals surface area contributed by atoms with Crippen molar-refractivity contribution in [2.45, 2.75) is 59.8 Å². The van der Waals surface area contributed by atoms with Gasteiger partial charge in [0.05, 0.1) is 6.61 Å². The zero-order chi connectivity index (χ0) is 21.5. The topological polar surface area (TPSA) is 117 Å². The Labute approximate surface area is 165 Å². The van der Waals surface area contributed by atoms with Gasteiger partial charge in [0.25, 0.3) is 5.91 Å². The van der Waals surface area contributed by atoms with Gasteiger partial charge in [-0.2, -0.15) is 0 Å². The van der Waals surface area contributed by atoms with Crippen LogP contribution in [0.1, 0.15) is 47.1 Å². The molecule has 0 aromatic heterocycles. The van der Waals surface area contributed by atoms with Crippen LogP contribution in [-0.4, -0.2) is 34.7 Å². The average molecular weight is 391 g/mol. The predicted molar refractivity (Wildman–Crippen MR) is 106 cm³/mol. The van der Waals surface area contributed by atoms with Crippen molar-refractivity contribution < 1.29 is 24.2 Å². The molecule has 3 amide bonds. The van der Waals surface area contributed by atoms with Crippen molar-refractivity contribution in [3.05, 3.63) is 41.1 Å². The van der Waals surface area contributed by atoms with E-state index in [0.717, 1.165) is 5.56 Å². The third kappa shape index (κ3) is 7.79. The van der Waals surface area contributed by atoms with Crippen LogP contribution < -0.4 is 16.0 Å². The summed E-state index contributed by atoms with van der Waals surface area (Å²) in [6.07, 6.45) is -0.750. The molecule has 0 heterocycles. The highest BCUT2D eigenvalue weighted by atomic mass is 16.6. The van der Waals surface area contributed by atoms with Gasteiger partial charge in [-0.3, -0.25) is 14.9 Å². The normalized spacial score (nSPS) is 11.8. The molecule has 8 nitrogen and oxygen atoms in total. The van der Waals surface area contributed by atoms with E-state index in [-0.39, 0.29) is 12.3 Å². The highest BCUT2D eigenvalue weighted by molar-refractivity contribution is 6.02. The molecular weight excluding hydrogens is 362 g/mol. The lowest BCUT2D eigenvalue weighted by atomic mass is 10.2. The number of alkyl carbamates (subject to hydrolysis) is 1. The second kappa shape index (κ2) is 9.89. The molecule has 0 unspecified atom stereocenters. The van der Waals surface area contributed by atoms with Crippen LogP contribution in [0.4, 0.5) is 10.5 Å². The Morgan fingerprint density at radius 3 is 2.14 bits per heavy atom. The molecule has 1 aromatic rings. The molecule has 0 radical (unpaired) electrons. The van der Waals surface area contributed by atoms with Gasteiger partial charge in [0, 0.05) is 5.69 Å². The Balaban J connectivity index is 2.72. The Morgan fingerprint density at radius 1 is 1.11 bits per heavy atom. The summed E-state index contributed by atoms with van der Waals surface area (Å²) in [5.41, 5.74) is 1.15. The minimum Gasteiger partial charge on any atom is -0.444 e. The first-order valence-electron chi connectivity index (χ1n) is 8.92. The van der Waals surface area contributed by atoms with E-state index in [4.69, 9.17) is 9.84 Å². The molecule has 0 saturated heterocycles. The molecule has 154 valence electrons. The van der Waals surface area contributed by atoms with Crippen LogP contribution >= 0.6 is 0 Å². The predicted octanol–water partition coefficient (Wildman–Crippen LogP) is 2.44. The van der Waals surface area contributed by atoms with Gasteiger partial charge in [0.15, 0.2) is 0 Å². The summed E-state index contributed by atoms with van der Waals surface area (Å²) < 4.78 is 5.16. The number of allylic oxidation sites excluding steroid dienone is 1. The summed E-state index contributed by atoms with van der Waals surface area (Å²) in [7, 11) is 0. The number of nitrogens with one attached hydrogen (secondary N) is 3. The number of aliphatic hydroxyl groups is 1. The maximum Gasteiger partial charge on any atom is 0.412 e. The van der Waals surface area contributed by atoms with E-state index in [0.29, 0.717) is 11.3 Å². The average Bonchev–Trinajstić information content (AvgIpc) is 2.58. The number of carbonyl (C=O) groups excluding carboxylic acids is 3. The maximum absolute atomic E-state index is 12.5. The van der Waals surface area contributed by atoms with E-state index < -0.39 is 29.6 Å². The minimum atomic E-state index is -0.847. The summed E-state index contributed by atoms with van der Waals surface area (Å²) in [6, 6.07) is 5.84. The third-order valence-corrected chi connectivity index (χ3v) is 3.50. The Morgan fingerprint density at radius 2 is 1.68 bits per heavy atom. The first kappa shape index (κ1) is 23.2. The molecule has 0 fully saturated rings. The molecule has 4 N–H and O–H groups in total. The first-order valence-corrected chi connectivity index (χ1v) is 8.92. The van der Waals surface area contributed by atoms with Crippen LogP contribution in [0.5, 0.6) is 0 Å². The fraction of sp³-hybridized carbons (Fsp3) is 0.450. The molecule has 0 aliphatic heterocycles. The number of carbonyl (C=O) groups is 3. The van der Waals surface area contributed by atoms with Crippen molar-refractivity contribution in [1.29, 1.82) is 0 Å². The molecule has 0 bridgehead atoms. The summed E-state index contributed by atoms with van der Waals surface area (Å²) in [5.74, 6) is -1.01. The number of amides is 3. The lowest BCUT2D eigenvalue weighted by Crippen LogP contribution is -2.45. The van der Waals surface area contributed by atoms with Crippen LogP contribution in [0.25, 0.3) is 0 Å². The van der Waals surface area contributed by atoms with Gasteiger partial charge in [-0.15, -0.1) is 0 Å². The van der Waals surface area contributed by atoms with E-state index in [1.165, 1.54) is 6.92 Å². The molecule has 0 spiro atoms. The van der Waals surface area contributed by atoms with E-state index in [1.54, 1.807) is 58.9 Å². The molecule has 1 rings (SSSR count). The summed E-state index contributed by atoms with van der Waals surface area (Å²) in [5, 5.41) is 16.7.